The molecule has 0 aromatic heterocycles. The van der Waals surface area contributed by atoms with Gasteiger partial charge in [0.2, 0.25) is 0 Å². The van der Waals surface area contributed by atoms with E-state index >= 15 is 0 Å². The van der Waals surface area contributed by atoms with E-state index in [-0.39, 0.29) is 0 Å². The molecule has 1 aromatic rings. The molecule has 6 nitrogen and oxygen atoms in total. The fraction of sp³-hybridized carbons (Fsp3) is 0.222. The van der Waals surface area contributed by atoms with E-state index in [1.807, 2.05) is 5.43 Å². The van der Waals surface area contributed by atoms with Gasteiger partial charge in [0, 0.05) is 10.9 Å². The van der Waals surface area contributed by atoms with Gasteiger partial charge in [-0.1, -0.05) is 22.0 Å². The summed E-state index contributed by atoms with van der Waals surface area (Å²) in [5.74, 6) is 11.3. The van der Waals surface area contributed by atoms with Crippen molar-refractivity contribution in [2.24, 2.45) is 11.7 Å². The molecule has 7 heteroatoms. The Hall–Kier alpha value is -1.31. The summed E-state index contributed by atoms with van der Waals surface area (Å²) in [7, 11) is 1.55. The third-order valence-corrected chi connectivity index (χ3v) is 2.62. The lowest BCUT2D eigenvalue weighted by molar-refractivity contribution is 0.246. The average Bonchev–Trinajstić information content (AvgIpc) is 2.35. The van der Waals surface area contributed by atoms with E-state index in [4.69, 9.17) is 16.4 Å². The van der Waals surface area contributed by atoms with Crippen LogP contribution in [0.15, 0.2) is 18.2 Å². The van der Waals surface area contributed by atoms with E-state index in [9.17, 15) is 4.79 Å². The van der Waals surface area contributed by atoms with Crippen LogP contribution >= 0.6 is 15.9 Å². The molecule has 16 heavy (non-hydrogen) atoms. The molecule has 88 valence electrons. The number of carbonyl (C=O) groups excluding carboxylic acids is 1. The summed E-state index contributed by atoms with van der Waals surface area (Å²) in [6, 6.07) is 4.63. The first kappa shape index (κ1) is 12.8. The maximum absolute atomic E-state index is 11.3. The third-order valence-electron chi connectivity index (χ3n) is 2.06. The first-order valence-electron chi connectivity index (χ1n) is 4.43. The Bertz CT molecular complexity index is 386. The van der Waals surface area contributed by atoms with Gasteiger partial charge in [-0.15, -0.1) is 0 Å². The lowest BCUT2D eigenvalue weighted by Crippen LogP contribution is -2.48. The lowest BCUT2D eigenvalue weighted by Gasteiger charge is -2.20. The van der Waals surface area contributed by atoms with Gasteiger partial charge in [0.05, 0.1) is 12.8 Å². The van der Waals surface area contributed by atoms with Crippen LogP contribution in [0.25, 0.3) is 0 Å². The van der Waals surface area contributed by atoms with Crippen molar-refractivity contribution >= 4 is 27.6 Å². The number of anilines is 1. The maximum atomic E-state index is 11.3. The van der Waals surface area contributed by atoms with Crippen LogP contribution in [-0.4, -0.2) is 13.1 Å². The number of carbonyl (C=O) groups is 1. The van der Waals surface area contributed by atoms with Gasteiger partial charge in [-0.05, 0) is 12.1 Å². The average molecular weight is 289 g/mol. The van der Waals surface area contributed by atoms with Crippen molar-refractivity contribution in [1.29, 1.82) is 0 Å². The normalized spacial score (nSPS) is 9.75. The van der Waals surface area contributed by atoms with Gasteiger partial charge in [-0.2, -0.15) is 0 Å². The molecule has 5 N–H and O–H groups in total. The second-order valence-electron chi connectivity index (χ2n) is 2.91. The number of hydrogen-bond acceptors (Lipinski definition) is 4. The molecule has 0 saturated heterocycles. The van der Waals surface area contributed by atoms with Gasteiger partial charge in [-0.25, -0.2) is 21.5 Å². The number of nitrogens with two attached hydrogens (primary N) is 2. The summed E-state index contributed by atoms with van der Waals surface area (Å²) in [4.78, 5) is 11.3. The van der Waals surface area contributed by atoms with E-state index in [1.54, 1.807) is 25.3 Å². The van der Waals surface area contributed by atoms with Crippen LogP contribution in [0, 0.1) is 0 Å². The van der Waals surface area contributed by atoms with E-state index in [1.165, 1.54) is 0 Å². The molecule has 0 unspecified atom stereocenters. The Kier molecular flexibility index (Phi) is 4.53. The SMILES string of the molecule is COc1cccc(N(N)C(=O)NN)c1CBr. The highest BCUT2D eigenvalue weighted by Gasteiger charge is 2.16. The van der Waals surface area contributed by atoms with Gasteiger partial charge in [0.25, 0.3) is 0 Å². The van der Waals surface area contributed by atoms with Crippen LogP contribution in [0.3, 0.4) is 0 Å². The smallest absolute Gasteiger partial charge is 0.350 e. The standard InChI is InChI=1S/C9H13BrN4O2/c1-16-8-4-2-3-7(6(8)5-10)14(12)9(15)13-11/h2-4H,5,11-12H2,1H3,(H,13,15). The summed E-state index contributed by atoms with van der Waals surface area (Å²) in [5, 5.41) is 1.44. The molecule has 0 spiro atoms. The Morgan fingerprint density at radius 3 is 2.81 bits per heavy atom. The quantitative estimate of drug-likeness (QED) is 0.333. The molecule has 0 fully saturated rings. The van der Waals surface area contributed by atoms with Crippen LogP contribution in [0.4, 0.5) is 10.5 Å². The van der Waals surface area contributed by atoms with Crippen molar-refractivity contribution in [3.05, 3.63) is 23.8 Å². The maximum Gasteiger partial charge on any atom is 0.350 e. The van der Waals surface area contributed by atoms with E-state index in [2.05, 4.69) is 15.9 Å². The predicted molar refractivity (Wildman–Crippen MR) is 65.0 cm³/mol. The largest absolute Gasteiger partial charge is 0.496 e. The van der Waals surface area contributed by atoms with Crippen molar-refractivity contribution in [3.8, 4) is 5.75 Å². The second kappa shape index (κ2) is 5.69. The number of benzene rings is 1. The van der Waals surface area contributed by atoms with Crippen LogP contribution in [-0.2, 0) is 5.33 Å². The Balaban J connectivity index is 3.17. The number of hydrogen-bond donors (Lipinski definition) is 3. The molecule has 1 rings (SSSR count). The molecule has 0 heterocycles. The first-order chi connectivity index (χ1) is 7.65. The number of alkyl halides is 1. The van der Waals surface area contributed by atoms with E-state index in [0.29, 0.717) is 16.8 Å². The molecule has 1 aromatic carbocycles. The van der Waals surface area contributed by atoms with E-state index in [0.717, 1.165) is 10.6 Å². The Labute approximate surface area is 102 Å². The van der Waals surface area contributed by atoms with Crippen LogP contribution in [0.2, 0.25) is 0 Å². The highest BCUT2D eigenvalue weighted by Crippen LogP contribution is 2.30. The minimum atomic E-state index is -0.601. The summed E-state index contributed by atoms with van der Waals surface area (Å²) in [6.07, 6.45) is 0. The third kappa shape index (κ3) is 2.43. The number of nitrogens with zero attached hydrogens (tertiary/aromatic N) is 1. The molecule has 0 aliphatic carbocycles. The summed E-state index contributed by atoms with van der Waals surface area (Å²) in [6.45, 7) is 0. The zero-order chi connectivity index (χ0) is 12.1. The Morgan fingerprint density at radius 2 is 2.31 bits per heavy atom. The van der Waals surface area contributed by atoms with Gasteiger partial charge < -0.3 is 4.74 Å². The number of urea groups is 1. The minimum Gasteiger partial charge on any atom is -0.496 e. The highest BCUT2D eigenvalue weighted by atomic mass is 79.9. The number of rotatable bonds is 3. The topological polar surface area (TPSA) is 93.6 Å². The summed E-state index contributed by atoms with van der Waals surface area (Å²) < 4.78 is 5.17. The van der Waals surface area contributed by atoms with Gasteiger partial charge in [-0.3, -0.25) is 5.43 Å². The van der Waals surface area contributed by atoms with Gasteiger partial charge >= 0.3 is 6.03 Å². The minimum absolute atomic E-state index is 0.512. The van der Waals surface area contributed by atoms with Crippen molar-refractivity contribution in [2.45, 2.75) is 5.33 Å². The number of ether oxygens (including phenoxy) is 1. The number of amides is 2. The zero-order valence-corrected chi connectivity index (χ0v) is 10.3. The number of hydrazine groups is 2. The van der Waals surface area contributed by atoms with Crippen molar-refractivity contribution in [3.63, 3.8) is 0 Å². The molecular formula is C9H13BrN4O2. The Morgan fingerprint density at radius 1 is 1.62 bits per heavy atom. The first-order valence-corrected chi connectivity index (χ1v) is 5.55. The van der Waals surface area contributed by atoms with Crippen LogP contribution < -0.4 is 26.9 Å². The summed E-state index contributed by atoms with van der Waals surface area (Å²) >= 11 is 3.31. The number of methoxy groups -OCH3 is 1. The van der Waals surface area contributed by atoms with E-state index < -0.39 is 6.03 Å². The molecule has 0 aliphatic rings. The molecule has 0 aliphatic heterocycles. The van der Waals surface area contributed by atoms with Crippen LogP contribution in [0.5, 0.6) is 5.75 Å². The molecule has 0 atom stereocenters. The second-order valence-corrected chi connectivity index (χ2v) is 3.47. The molecular weight excluding hydrogens is 276 g/mol. The monoisotopic (exact) mass is 288 g/mol. The molecule has 2 amide bonds. The fourth-order valence-corrected chi connectivity index (χ4v) is 1.85. The van der Waals surface area contributed by atoms with Gasteiger partial charge in [0.1, 0.15) is 5.75 Å². The molecule has 0 radical (unpaired) electrons. The number of nitrogens with one attached hydrogen (secondary N) is 1. The zero-order valence-electron chi connectivity index (χ0n) is 8.74. The predicted octanol–water partition coefficient (Wildman–Crippen LogP) is 0.854. The molecule has 0 bridgehead atoms. The van der Waals surface area contributed by atoms with Crippen molar-refractivity contribution < 1.29 is 9.53 Å². The lowest BCUT2D eigenvalue weighted by atomic mass is 10.2. The van der Waals surface area contributed by atoms with Crippen molar-refractivity contribution in [2.75, 3.05) is 12.1 Å². The fourth-order valence-electron chi connectivity index (χ4n) is 1.28. The number of halogens is 1. The summed E-state index contributed by atoms with van der Waals surface area (Å²) in [5.41, 5.74) is 3.26. The molecule has 0 saturated carbocycles. The van der Waals surface area contributed by atoms with Crippen LogP contribution in [0.1, 0.15) is 5.56 Å². The van der Waals surface area contributed by atoms with Gasteiger partial charge in [0.15, 0.2) is 0 Å². The highest BCUT2D eigenvalue weighted by molar-refractivity contribution is 9.08. The van der Waals surface area contributed by atoms with Crippen molar-refractivity contribution in [1.82, 2.24) is 5.43 Å².